The number of hydrogen-bond acceptors (Lipinski definition) is 4. The number of hydrogen-bond donors (Lipinski definition) is 1. The van der Waals surface area contributed by atoms with Gasteiger partial charge < -0.3 is 9.59 Å². The number of rotatable bonds is 19. The Morgan fingerprint density at radius 2 is 1.29 bits per heavy atom. The van der Waals surface area contributed by atoms with Crippen LogP contribution in [-0.4, -0.2) is 63.5 Å². The predicted octanol–water partition coefficient (Wildman–Crippen LogP) is 4.58. The number of carboxylic acid groups (broad SMARTS) is 1. The minimum Gasteiger partial charge on any atom is -0.481 e. The van der Waals surface area contributed by atoms with E-state index in [4.69, 9.17) is 9.29 Å². The highest BCUT2D eigenvalue weighted by molar-refractivity contribution is 7.86. The molecule has 0 aromatic rings. The molecule has 1 N–H and O–H groups in total. The Morgan fingerprint density at radius 3 is 1.68 bits per heavy atom. The maximum Gasteiger partial charge on any atom is 0.306 e. The van der Waals surface area contributed by atoms with Crippen LogP contribution in [0.5, 0.6) is 0 Å². The second-order valence-electron chi connectivity index (χ2n) is 8.94. The number of quaternary nitrogens is 1. The third-order valence-electron chi connectivity index (χ3n) is 4.68. The van der Waals surface area contributed by atoms with Crippen molar-refractivity contribution in [3.8, 4) is 0 Å². The molecule has 0 saturated carbocycles. The van der Waals surface area contributed by atoms with Crippen LogP contribution in [0.4, 0.5) is 0 Å². The first-order valence-corrected chi connectivity index (χ1v) is 12.6. The van der Waals surface area contributed by atoms with Crippen molar-refractivity contribution < 1.29 is 27.0 Å². The standard InChI is InChI=1S/C21H43NO5S/c1-5-6-7-8-9-10-11-12-13-14-15-16-17-28(25,26)27-20(18-21(23)24)19-22(2,3)4/h20H,5-19H2,1-4H3/p+1. The molecule has 0 rings (SSSR count). The molecule has 0 saturated heterocycles. The van der Waals surface area contributed by atoms with Gasteiger partial charge in [0.2, 0.25) is 0 Å². The molecule has 0 fully saturated rings. The minimum absolute atomic E-state index is 0.0301. The van der Waals surface area contributed by atoms with Crippen LogP contribution in [-0.2, 0) is 19.1 Å². The van der Waals surface area contributed by atoms with Gasteiger partial charge in [-0.25, -0.2) is 0 Å². The predicted molar refractivity (Wildman–Crippen MR) is 115 cm³/mol. The molecule has 0 bridgehead atoms. The monoisotopic (exact) mass is 422 g/mol. The van der Waals surface area contributed by atoms with Crippen molar-refractivity contribution in [2.24, 2.45) is 0 Å². The van der Waals surface area contributed by atoms with Crippen molar-refractivity contribution in [2.75, 3.05) is 33.4 Å². The number of nitrogens with zero attached hydrogens (tertiary/aromatic N) is 1. The van der Waals surface area contributed by atoms with E-state index < -0.39 is 22.2 Å². The summed E-state index contributed by atoms with van der Waals surface area (Å²) in [5.74, 6) is -1.07. The van der Waals surface area contributed by atoms with Gasteiger partial charge in [0.05, 0.1) is 33.3 Å². The van der Waals surface area contributed by atoms with Gasteiger partial charge in [0.25, 0.3) is 10.1 Å². The molecule has 1 atom stereocenters. The van der Waals surface area contributed by atoms with E-state index in [1.807, 2.05) is 21.1 Å². The highest BCUT2D eigenvalue weighted by Crippen LogP contribution is 2.14. The third kappa shape index (κ3) is 18.7. The normalized spacial score (nSPS) is 13.6. The van der Waals surface area contributed by atoms with Gasteiger partial charge in [-0.15, -0.1) is 0 Å². The van der Waals surface area contributed by atoms with Crippen LogP contribution in [0.1, 0.15) is 90.4 Å². The van der Waals surface area contributed by atoms with Crippen LogP contribution in [0.3, 0.4) is 0 Å². The molecule has 0 aliphatic carbocycles. The van der Waals surface area contributed by atoms with Gasteiger partial charge in [-0.05, 0) is 6.42 Å². The summed E-state index contributed by atoms with van der Waals surface area (Å²) in [6.07, 6.45) is 13.0. The molecule has 0 radical (unpaired) electrons. The third-order valence-corrected chi connectivity index (χ3v) is 6.04. The van der Waals surface area contributed by atoms with Gasteiger partial charge in [0, 0.05) is 0 Å². The maximum absolute atomic E-state index is 12.2. The van der Waals surface area contributed by atoms with Crippen molar-refractivity contribution >= 4 is 16.1 Å². The lowest BCUT2D eigenvalue weighted by Crippen LogP contribution is -2.44. The van der Waals surface area contributed by atoms with Crippen molar-refractivity contribution in [1.82, 2.24) is 0 Å². The van der Waals surface area contributed by atoms with E-state index in [0.717, 1.165) is 19.3 Å². The number of likely N-dealkylation sites (N-methyl/N-ethyl adjacent to an activating group) is 1. The summed E-state index contributed by atoms with van der Waals surface area (Å²) in [6, 6.07) is 0. The number of carbonyl (C=O) groups is 1. The number of carboxylic acids is 1. The Hall–Kier alpha value is -0.660. The molecule has 0 aliphatic rings. The van der Waals surface area contributed by atoms with E-state index >= 15 is 0 Å². The number of unbranched alkanes of at least 4 members (excludes halogenated alkanes) is 11. The van der Waals surface area contributed by atoms with Crippen LogP contribution < -0.4 is 0 Å². The minimum atomic E-state index is -3.68. The van der Waals surface area contributed by atoms with Crippen molar-refractivity contribution in [3.63, 3.8) is 0 Å². The van der Waals surface area contributed by atoms with Gasteiger partial charge in [-0.1, -0.05) is 77.6 Å². The van der Waals surface area contributed by atoms with Crippen LogP contribution in [0.15, 0.2) is 0 Å². The fourth-order valence-corrected chi connectivity index (χ4v) is 4.51. The van der Waals surface area contributed by atoms with Gasteiger partial charge in [-0.3, -0.25) is 8.98 Å². The van der Waals surface area contributed by atoms with Gasteiger partial charge >= 0.3 is 5.97 Å². The lowest BCUT2D eigenvalue weighted by molar-refractivity contribution is -0.873. The zero-order valence-electron chi connectivity index (χ0n) is 18.6. The van der Waals surface area contributed by atoms with E-state index in [1.54, 1.807) is 0 Å². The summed E-state index contributed by atoms with van der Waals surface area (Å²) in [6.45, 7) is 2.57. The molecule has 6 nitrogen and oxygen atoms in total. The van der Waals surface area contributed by atoms with Gasteiger partial charge in [0.15, 0.2) is 0 Å². The molecule has 28 heavy (non-hydrogen) atoms. The Labute approximate surface area is 173 Å². The average molecular weight is 423 g/mol. The molecule has 168 valence electrons. The highest BCUT2D eigenvalue weighted by Gasteiger charge is 2.27. The second-order valence-corrected chi connectivity index (χ2v) is 10.7. The van der Waals surface area contributed by atoms with E-state index in [-0.39, 0.29) is 12.2 Å². The largest absolute Gasteiger partial charge is 0.481 e. The lowest BCUT2D eigenvalue weighted by atomic mass is 10.1. The molecular weight excluding hydrogens is 378 g/mol. The van der Waals surface area contributed by atoms with E-state index in [1.165, 1.54) is 51.4 Å². The summed E-state index contributed by atoms with van der Waals surface area (Å²) in [5.41, 5.74) is 0. The molecule has 1 unspecified atom stereocenters. The van der Waals surface area contributed by atoms with E-state index in [9.17, 15) is 13.2 Å². The SMILES string of the molecule is CCCCCCCCCCCCCCS(=O)(=O)OC(CC(=O)O)C[N+](C)(C)C. The molecule has 0 spiro atoms. The molecule has 0 aliphatic heterocycles. The molecule has 0 amide bonds. The Kier molecular flexibility index (Phi) is 14.9. The molecular formula is C21H44NO5S+. The van der Waals surface area contributed by atoms with Crippen LogP contribution in [0.2, 0.25) is 0 Å². The lowest BCUT2D eigenvalue weighted by Gasteiger charge is -2.28. The van der Waals surface area contributed by atoms with E-state index in [0.29, 0.717) is 17.4 Å². The first kappa shape index (κ1) is 27.3. The maximum atomic E-state index is 12.2. The Morgan fingerprint density at radius 1 is 0.857 bits per heavy atom. The summed E-state index contributed by atoms with van der Waals surface area (Å²) in [7, 11) is 1.97. The summed E-state index contributed by atoms with van der Waals surface area (Å²) in [4.78, 5) is 11.0. The first-order chi connectivity index (χ1) is 13.1. The zero-order chi connectivity index (χ0) is 21.5. The topological polar surface area (TPSA) is 80.7 Å². The first-order valence-electron chi connectivity index (χ1n) is 11.0. The Balaban J connectivity index is 3.89. The molecule has 0 aromatic heterocycles. The molecule has 0 aromatic carbocycles. The fraction of sp³-hybridized carbons (Fsp3) is 0.952. The summed E-state index contributed by atoms with van der Waals surface area (Å²) in [5, 5.41) is 8.98. The zero-order valence-corrected chi connectivity index (χ0v) is 19.4. The smallest absolute Gasteiger partial charge is 0.306 e. The van der Waals surface area contributed by atoms with Crippen molar-refractivity contribution in [2.45, 2.75) is 96.5 Å². The summed E-state index contributed by atoms with van der Waals surface area (Å²) >= 11 is 0. The Bertz CT molecular complexity index is 499. The molecule has 7 heteroatoms. The van der Waals surface area contributed by atoms with Crippen molar-refractivity contribution in [1.29, 1.82) is 0 Å². The second kappa shape index (κ2) is 15.2. The molecule has 0 heterocycles. The number of aliphatic carboxylic acids is 1. The van der Waals surface area contributed by atoms with E-state index in [2.05, 4.69) is 6.92 Å². The van der Waals surface area contributed by atoms with Crippen LogP contribution >= 0.6 is 0 Å². The fourth-order valence-electron chi connectivity index (χ4n) is 3.31. The van der Waals surface area contributed by atoms with Crippen molar-refractivity contribution in [3.05, 3.63) is 0 Å². The average Bonchev–Trinajstić information content (AvgIpc) is 2.53. The van der Waals surface area contributed by atoms with Gasteiger partial charge in [0.1, 0.15) is 12.6 Å². The van der Waals surface area contributed by atoms with Crippen LogP contribution in [0.25, 0.3) is 0 Å². The van der Waals surface area contributed by atoms with Crippen LogP contribution in [0, 0.1) is 0 Å². The quantitative estimate of drug-likeness (QED) is 0.187. The highest BCUT2D eigenvalue weighted by atomic mass is 32.2. The van der Waals surface area contributed by atoms with Gasteiger partial charge in [-0.2, -0.15) is 8.42 Å². The summed E-state index contributed by atoms with van der Waals surface area (Å²) < 4.78 is 30.0.